The highest BCUT2D eigenvalue weighted by atomic mass is 19.3. The molecule has 0 spiro atoms. The van der Waals surface area contributed by atoms with Crippen LogP contribution in [0.15, 0.2) is 42.6 Å². The number of amides is 2. The van der Waals surface area contributed by atoms with Crippen molar-refractivity contribution in [3.63, 3.8) is 0 Å². The smallest absolute Gasteiger partial charge is 0.387 e. The number of halogens is 2. The summed E-state index contributed by atoms with van der Waals surface area (Å²) in [7, 11) is 0. The molecule has 0 atom stereocenters. The van der Waals surface area contributed by atoms with Gasteiger partial charge in [0.15, 0.2) is 0 Å². The van der Waals surface area contributed by atoms with Crippen molar-refractivity contribution in [1.82, 2.24) is 4.98 Å². The number of aromatic nitrogens is 1. The molecule has 0 aliphatic heterocycles. The van der Waals surface area contributed by atoms with Crippen LogP contribution in [0.2, 0.25) is 0 Å². The summed E-state index contributed by atoms with van der Waals surface area (Å²) in [5.41, 5.74) is 0.343. The van der Waals surface area contributed by atoms with E-state index in [0.29, 0.717) is 11.5 Å². The average Bonchev–Trinajstić information content (AvgIpc) is 3.41. The molecule has 1 heterocycles. The molecule has 3 rings (SSSR count). The van der Waals surface area contributed by atoms with E-state index >= 15 is 0 Å². The summed E-state index contributed by atoms with van der Waals surface area (Å²) in [4.78, 5) is 27.9. The van der Waals surface area contributed by atoms with Crippen LogP contribution < -0.4 is 15.4 Å². The lowest BCUT2D eigenvalue weighted by molar-refractivity contribution is -0.117. The van der Waals surface area contributed by atoms with Gasteiger partial charge in [-0.05, 0) is 37.1 Å². The van der Waals surface area contributed by atoms with Crippen LogP contribution in [0.4, 0.5) is 20.3 Å². The van der Waals surface area contributed by atoms with Crippen molar-refractivity contribution >= 4 is 23.3 Å². The summed E-state index contributed by atoms with van der Waals surface area (Å²) in [6, 6.07) is 8.82. The molecule has 0 radical (unpaired) electrons. The fourth-order valence-electron chi connectivity index (χ4n) is 2.17. The van der Waals surface area contributed by atoms with Crippen LogP contribution in [0.25, 0.3) is 0 Å². The Morgan fingerprint density at radius 2 is 1.88 bits per heavy atom. The fraction of sp³-hybridized carbons (Fsp3) is 0.235. The maximum absolute atomic E-state index is 12.4. The van der Waals surface area contributed by atoms with Gasteiger partial charge in [0, 0.05) is 5.92 Å². The van der Waals surface area contributed by atoms with E-state index in [1.807, 2.05) is 0 Å². The molecule has 0 unspecified atom stereocenters. The minimum Gasteiger partial charge on any atom is -0.434 e. The van der Waals surface area contributed by atoms with Crippen molar-refractivity contribution in [1.29, 1.82) is 0 Å². The van der Waals surface area contributed by atoms with Gasteiger partial charge in [0.2, 0.25) is 5.91 Å². The summed E-state index contributed by atoms with van der Waals surface area (Å²) < 4.78 is 29.1. The lowest BCUT2D eigenvalue weighted by Crippen LogP contribution is -2.16. The third-order valence-corrected chi connectivity index (χ3v) is 3.57. The summed E-state index contributed by atoms with van der Waals surface area (Å²) in [5.74, 6) is -0.435. The van der Waals surface area contributed by atoms with Crippen LogP contribution in [-0.4, -0.2) is 23.4 Å². The van der Waals surface area contributed by atoms with E-state index in [-0.39, 0.29) is 23.1 Å². The maximum Gasteiger partial charge on any atom is 0.387 e. The van der Waals surface area contributed by atoms with Crippen LogP contribution in [0, 0.1) is 5.92 Å². The van der Waals surface area contributed by atoms with Gasteiger partial charge >= 0.3 is 6.61 Å². The van der Waals surface area contributed by atoms with Gasteiger partial charge in [0.25, 0.3) is 5.91 Å². The Balaban J connectivity index is 1.65. The summed E-state index contributed by atoms with van der Waals surface area (Å²) in [6.45, 7) is -3.02. The molecule has 1 aromatic carbocycles. The number of ether oxygens (including phenoxy) is 1. The van der Waals surface area contributed by atoms with Crippen molar-refractivity contribution < 1.29 is 23.1 Å². The number of benzene rings is 1. The summed E-state index contributed by atoms with van der Waals surface area (Å²) in [5, 5.41) is 5.23. The van der Waals surface area contributed by atoms with Gasteiger partial charge in [-0.25, -0.2) is 4.98 Å². The van der Waals surface area contributed by atoms with Crippen molar-refractivity contribution in [2.75, 3.05) is 10.6 Å². The molecule has 1 fully saturated rings. The Kier molecular flexibility index (Phi) is 4.87. The number of alkyl halides is 2. The molecule has 130 valence electrons. The van der Waals surface area contributed by atoms with Crippen LogP contribution in [0.3, 0.4) is 0 Å². The first-order valence-electron chi connectivity index (χ1n) is 7.65. The third kappa shape index (κ3) is 4.50. The number of carbonyl (C=O) groups excluding carboxylic acids is 2. The molecule has 8 heteroatoms. The Morgan fingerprint density at radius 3 is 2.52 bits per heavy atom. The number of nitrogens with zero attached hydrogens (tertiary/aromatic N) is 1. The molecule has 25 heavy (non-hydrogen) atoms. The van der Waals surface area contributed by atoms with E-state index in [1.54, 1.807) is 18.2 Å². The molecule has 1 aliphatic rings. The number of anilines is 2. The molecular weight excluding hydrogens is 332 g/mol. The Labute approximate surface area is 142 Å². The minimum atomic E-state index is -3.02. The maximum atomic E-state index is 12.4. The Hall–Kier alpha value is -3.03. The molecule has 2 N–H and O–H groups in total. The van der Waals surface area contributed by atoms with Crippen molar-refractivity contribution in [3.8, 4) is 5.75 Å². The van der Waals surface area contributed by atoms with Gasteiger partial charge < -0.3 is 15.4 Å². The van der Waals surface area contributed by atoms with Crippen LogP contribution in [0.1, 0.15) is 23.2 Å². The fourth-order valence-corrected chi connectivity index (χ4v) is 2.17. The van der Waals surface area contributed by atoms with E-state index in [1.165, 1.54) is 24.4 Å². The molecule has 6 nitrogen and oxygen atoms in total. The number of para-hydroxylation sites is 1. The first kappa shape index (κ1) is 16.8. The number of hydrogen-bond acceptors (Lipinski definition) is 4. The van der Waals surface area contributed by atoms with E-state index in [2.05, 4.69) is 20.4 Å². The SMILES string of the molecule is O=C(Nc1ccc(NC(=O)C2CC2)nc1)c1ccccc1OC(F)F. The molecule has 1 aromatic heterocycles. The lowest BCUT2D eigenvalue weighted by Gasteiger charge is -2.11. The quantitative estimate of drug-likeness (QED) is 0.840. The van der Waals surface area contributed by atoms with E-state index in [9.17, 15) is 18.4 Å². The second-order valence-corrected chi connectivity index (χ2v) is 5.52. The highest BCUT2D eigenvalue weighted by Gasteiger charge is 2.29. The zero-order chi connectivity index (χ0) is 17.8. The second-order valence-electron chi connectivity index (χ2n) is 5.52. The van der Waals surface area contributed by atoms with Gasteiger partial charge in [-0.2, -0.15) is 8.78 Å². The topological polar surface area (TPSA) is 80.3 Å². The van der Waals surface area contributed by atoms with E-state index < -0.39 is 12.5 Å². The minimum absolute atomic E-state index is 0.0195. The van der Waals surface area contributed by atoms with E-state index in [4.69, 9.17) is 0 Å². The number of rotatable bonds is 6. The Bertz CT molecular complexity index is 777. The number of hydrogen-bond donors (Lipinski definition) is 2. The predicted molar refractivity (Wildman–Crippen MR) is 86.6 cm³/mol. The third-order valence-electron chi connectivity index (χ3n) is 3.57. The summed E-state index contributed by atoms with van der Waals surface area (Å²) in [6.07, 6.45) is 3.15. The normalized spacial score (nSPS) is 13.4. The van der Waals surface area contributed by atoms with E-state index in [0.717, 1.165) is 12.8 Å². The molecule has 0 bridgehead atoms. The largest absolute Gasteiger partial charge is 0.434 e. The standard InChI is InChI=1S/C17H15F2N3O3/c18-17(19)25-13-4-2-1-3-12(13)16(24)21-11-7-8-14(20-9-11)22-15(23)10-5-6-10/h1-4,7-10,17H,5-6H2,(H,21,24)(H,20,22,23). The average molecular weight is 347 g/mol. The zero-order valence-corrected chi connectivity index (χ0v) is 13.0. The first-order chi connectivity index (χ1) is 12.0. The van der Waals surface area contributed by atoms with Gasteiger partial charge in [-0.15, -0.1) is 0 Å². The Morgan fingerprint density at radius 1 is 1.12 bits per heavy atom. The highest BCUT2D eigenvalue weighted by Crippen LogP contribution is 2.30. The molecule has 1 saturated carbocycles. The highest BCUT2D eigenvalue weighted by molar-refractivity contribution is 6.06. The van der Waals surface area contributed by atoms with Gasteiger partial charge in [-0.1, -0.05) is 12.1 Å². The predicted octanol–water partition coefficient (Wildman–Crippen LogP) is 3.28. The molecule has 2 aromatic rings. The number of pyridine rings is 1. The number of carbonyl (C=O) groups is 2. The van der Waals surface area contributed by atoms with Crippen molar-refractivity contribution in [2.24, 2.45) is 5.92 Å². The lowest BCUT2D eigenvalue weighted by atomic mass is 10.2. The molecule has 0 saturated heterocycles. The summed E-state index contributed by atoms with van der Waals surface area (Å²) >= 11 is 0. The molecule has 1 aliphatic carbocycles. The van der Waals surface area contributed by atoms with Crippen molar-refractivity contribution in [2.45, 2.75) is 19.5 Å². The van der Waals surface area contributed by atoms with Gasteiger partial charge in [0.1, 0.15) is 11.6 Å². The van der Waals surface area contributed by atoms with Crippen LogP contribution in [0.5, 0.6) is 5.75 Å². The molecular formula is C17H15F2N3O3. The number of nitrogens with one attached hydrogen (secondary N) is 2. The molecule has 2 amide bonds. The van der Waals surface area contributed by atoms with Gasteiger partial charge in [-0.3, -0.25) is 9.59 Å². The van der Waals surface area contributed by atoms with Crippen molar-refractivity contribution in [3.05, 3.63) is 48.2 Å². The van der Waals surface area contributed by atoms with Crippen LogP contribution >= 0.6 is 0 Å². The van der Waals surface area contributed by atoms with Gasteiger partial charge in [0.05, 0.1) is 17.4 Å². The zero-order valence-electron chi connectivity index (χ0n) is 13.0. The monoisotopic (exact) mass is 347 g/mol. The van der Waals surface area contributed by atoms with Crippen LogP contribution in [-0.2, 0) is 4.79 Å². The first-order valence-corrected chi connectivity index (χ1v) is 7.65. The second kappa shape index (κ2) is 7.25.